The number of benzene rings is 1. The average Bonchev–Trinajstić information content (AvgIpc) is 2.39. The first kappa shape index (κ1) is 14.2. The highest BCUT2D eigenvalue weighted by atomic mass is 16.2. The van der Waals surface area contributed by atoms with Gasteiger partial charge in [0.15, 0.2) is 6.04 Å². The van der Waals surface area contributed by atoms with Crippen molar-refractivity contribution in [1.82, 2.24) is 10.6 Å². The summed E-state index contributed by atoms with van der Waals surface area (Å²) in [4.78, 5) is 22.7. The molecular formula is C13H20N3O2+. The topological polar surface area (TPSA) is 74.8 Å². The fourth-order valence-electron chi connectivity index (χ4n) is 1.68. The Morgan fingerprint density at radius 2 is 1.78 bits per heavy atom. The standard InChI is InChI=1S/C13H19N3O2/c1-9(11-7-5-4-6-8-11)15-10(2)12(17)16-13(18)14-3/h4-10,15H,1-3H3,(H2,14,16,17,18)/p+1/t9-,10+/m0/s1. The summed E-state index contributed by atoms with van der Waals surface area (Å²) in [6.07, 6.45) is 0. The molecule has 0 fully saturated rings. The lowest BCUT2D eigenvalue weighted by atomic mass is 10.1. The number of nitrogens with one attached hydrogen (secondary N) is 2. The molecule has 18 heavy (non-hydrogen) atoms. The largest absolute Gasteiger partial charge is 0.341 e. The van der Waals surface area contributed by atoms with Crippen LogP contribution in [-0.4, -0.2) is 25.0 Å². The summed E-state index contributed by atoms with van der Waals surface area (Å²) >= 11 is 0. The summed E-state index contributed by atoms with van der Waals surface area (Å²) in [5.74, 6) is -0.294. The van der Waals surface area contributed by atoms with Crippen LogP contribution in [0.5, 0.6) is 0 Å². The van der Waals surface area contributed by atoms with E-state index in [0.717, 1.165) is 5.56 Å². The van der Waals surface area contributed by atoms with E-state index in [-0.39, 0.29) is 18.0 Å². The Balaban J connectivity index is 2.52. The predicted molar refractivity (Wildman–Crippen MR) is 68.8 cm³/mol. The number of carbonyl (C=O) groups is 2. The molecule has 1 rings (SSSR count). The zero-order valence-corrected chi connectivity index (χ0v) is 10.9. The van der Waals surface area contributed by atoms with E-state index in [0.29, 0.717) is 0 Å². The van der Waals surface area contributed by atoms with Crippen LogP contribution in [0.4, 0.5) is 4.79 Å². The van der Waals surface area contributed by atoms with Crippen LogP contribution in [0.15, 0.2) is 30.3 Å². The van der Waals surface area contributed by atoms with Crippen molar-refractivity contribution in [3.8, 4) is 0 Å². The van der Waals surface area contributed by atoms with Gasteiger partial charge in [0.25, 0.3) is 5.91 Å². The third kappa shape index (κ3) is 4.18. The van der Waals surface area contributed by atoms with Crippen molar-refractivity contribution in [1.29, 1.82) is 0 Å². The Hall–Kier alpha value is -1.88. The van der Waals surface area contributed by atoms with Gasteiger partial charge < -0.3 is 10.6 Å². The highest BCUT2D eigenvalue weighted by Gasteiger charge is 2.21. The molecular weight excluding hydrogens is 230 g/mol. The molecule has 0 aliphatic carbocycles. The van der Waals surface area contributed by atoms with E-state index >= 15 is 0 Å². The fourth-order valence-corrected chi connectivity index (χ4v) is 1.68. The minimum Gasteiger partial charge on any atom is -0.341 e. The second-order valence-corrected chi connectivity index (χ2v) is 4.25. The second kappa shape index (κ2) is 6.76. The van der Waals surface area contributed by atoms with Gasteiger partial charge >= 0.3 is 6.03 Å². The van der Waals surface area contributed by atoms with Gasteiger partial charge in [-0.25, -0.2) is 4.79 Å². The van der Waals surface area contributed by atoms with Gasteiger partial charge in [-0.3, -0.25) is 10.1 Å². The summed E-state index contributed by atoms with van der Waals surface area (Å²) in [5, 5.41) is 6.54. The zero-order chi connectivity index (χ0) is 13.5. The van der Waals surface area contributed by atoms with E-state index in [1.165, 1.54) is 7.05 Å². The SMILES string of the molecule is CNC(=O)NC(=O)[C@@H](C)[NH2+][C@@H](C)c1ccccc1. The Kier molecular flexibility index (Phi) is 5.32. The molecule has 0 unspecified atom stereocenters. The van der Waals surface area contributed by atoms with Crippen molar-refractivity contribution < 1.29 is 14.9 Å². The molecule has 1 aromatic carbocycles. The normalized spacial score (nSPS) is 13.5. The van der Waals surface area contributed by atoms with E-state index in [1.54, 1.807) is 6.92 Å². The average molecular weight is 250 g/mol. The molecule has 0 aliphatic heterocycles. The van der Waals surface area contributed by atoms with Crippen molar-refractivity contribution in [3.05, 3.63) is 35.9 Å². The van der Waals surface area contributed by atoms with Crippen LogP contribution in [0.25, 0.3) is 0 Å². The molecule has 0 aromatic heterocycles. The number of amides is 3. The number of imide groups is 1. The van der Waals surface area contributed by atoms with Gasteiger partial charge in [0.2, 0.25) is 0 Å². The molecule has 5 heteroatoms. The van der Waals surface area contributed by atoms with Crippen LogP contribution in [0.1, 0.15) is 25.5 Å². The van der Waals surface area contributed by atoms with Crippen LogP contribution >= 0.6 is 0 Å². The van der Waals surface area contributed by atoms with E-state index < -0.39 is 6.03 Å². The Bertz CT molecular complexity index is 406. The Morgan fingerprint density at radius 3 is 2.33 bits per heavy atom. The quantitative estimate of drug-likeness (QED) is 0.712. The van der Waals surface area contributed by atoms with Gasteiger partial charge in [0, 0.05) is 12.6 Å². The first-order chi connectivity index (χ1) is 8.54. The fraction of sp³-hybridized carbons (Fsp3) is 0.385. The van der Waals surface area contributed by atoms with Gasteiger partial charge in [-0.1, -0.05) is 30.3 Å². The van der Waals surface area contributed by atoms with E-state index in [2.05, 4.69) is 10.6 Å². The lowest BCUT2D eigenvalue weighted by Gasteiger charge is -2.16. The summed E-state index contributed by atoms with van der Waals surface area (Å²) in [5.41, 5.74) is 1.15. The van der Waals surface area contributed by atoms with Crippen molar-refractivity contribution in [2.45, 2.75) is 25.9 Å². The molecule has 98 valence electrons. The maximum absolute atomic E-state index is 11.7. The molecule has 0 saturated heterocycles. The van der Waals surface area contributed by atoms with Crippen LogP contribution in [-0.2, 0) is 4.79 Å². The maximum atomic E-state index is 11.7. The number of quaternary nitrogens is 1. The van der Waals surface area contributed by atoms with E-state index in [1.807, 2.05) is 42.6 Å². The third-order valence-corrected chi connectivity index (χ3v) is 2.78. The second-order valence-electron chi connectivity index (χ2n) is 4.25. The van der Waals surface area contributed by atoms with Gasteiger partial charge in [-0.15, -0.1) is 0 Å². The van der Waals surface area contributed by atoms with Gasteiger partial charge in [-0.2, -0.15) is 0 Å². The minimum atomic E-state index is -0.479. The molecule has 3 amide bonds. The number of carbonyl (C=O) groups excluding carboxylic acids is 2. The minimum absolute atomic E-state index is 0.164. The molecule has 0 radical (unpaired) electrons. The van der Waals surface area contributed by atoms with Crippen LogP contribution in [0, 0.1) is 0 Å². The maximum Gasteiger partial charge on any atom is 0.321 e. The van der Waals surface area contributed by atoms with Crippen LogP contribution in [0.2, 0.25) is 0 Å². The van der Waals surface area contributed by atoms with Crippen molar-refractivity contribution in [2.75, 3.05) is 7.05 Å². The van der Waals surface area contributed by atoms with Crippen molar-refractivity contribution in [2.24, 2.45) is 0 Å². The highest BCUT2D eigenvalue weighted by Crippen LogP contribution is 2.06. The summed E-state index contributed by atoms with van der Waals surface area (Å²) in [6, 6.07) is 9.29. The number of rotatable bonds is 4. The number of hydrogen-bond donors (Lipinski definition) is 3. The first-order valence-corrected chi connectivity index (χ1v) is 5.97. The molecule has 1 aromatic rings. The Labute approximate surface area is 107 Å². The van der Waals surface area contributed by atoms with Gasteiger partial charge in [-0.05, 0) is 13.8 Å². The molecule has 0 saturated carbocycles. The smallest absolute Gasteiger partial charge is 0.321 e. The lowest BCUT2D eigenvalue weighted by Crippen LogP contribution is -2.92. The summed E-state index contributed by atoms with van der Waals surface area (Å²) < 4.78 is 0. The molecule has 4 N–H and O–H groups in total. The molecule has 0 heterocycles. The van der Waals surface area contributed by atoms with Crippen LogP contribution < -0.4 is 16.0 Å². The van der Waals surface area contributed by atoms with Crippen molar-refractivity contribution >= 4 is 11.9 Å². The van der Waals surface area contributed by atoms with Crippen molar-refractivity contribution in [3.63, 3.8) is 0 Å². The molecule has 0 bridgehead atoms. The summed E-state index contributed by atoms with van der Waals surface area (Å²) in [6.45, 7) is 3.80. The van der Waals surface area contributed by atoms with Gasteiger partial charge in [0.1, 0.15) is 6.04 Å². The molecule has 0 aliphatic rings. The highest BCUT2D eigenvalue weighted by molar-refractivity contribution is 5.95. The van der Waals surface area contributed by atoms with Crippen LogP contribution in [0.3, 0.4) is 0 Å². The summed E-state index contributed by atoms with van der Waals surface area (Å²) in [7, 11) is 1.48. The number of urea groups is 1. The third-order valence-electron chi connectivity index (χ3n) is 2.78. The lowest BCUT2D eigenvalue weighted by molar-refractivity contribution is -0.710. The number of nitrogens with two attached hydrogens (primary N) is 1. The van der Waals surface area contributed by atoms with E-state index in [9.17, 15) is 9.59 Å². The number of hydrogen-bond acceptors (Lipinski definition) is 2. The van der Waals surface area contributed by atoms with E-state index in [4.69, 9.17) is 0 Å². The zero-order valence-electron chi connectivity index (χ0n) is 10.9. The molecule has 0 spiro atoms. The van der Waals surface area contributed by atoms with Gasteiger partial charge in [0.05, 0.1) is 0 Å². The predicted octanol–water partition coefficient (Wildman–Crippen LogP) is 0.155. The monoisotopic (exact) mass is 250 g/mol. The molecule has 5 nitrogen and oxygen atoms in total. The first-order valence-electron chi connectivity index (χ1n) is 5.97. The Morgan fingerprint density at radius 1 is 1.17 bits per heavy atom. The molecule has 2 atom stereocenters.